The first-order chi connectivity index (χ1) is 15.5. The number of carbonyl (C=O) groups is 2. The Morgan fingerprint density at radius 3 is 2.34 bits per heavy atom. The molecular formula is C25H21ClN3O3-. The summed E-state index contributed by atoms with van der Waals surface area (Å²) in [5, 5.41) is 15.4. The van der Waals surface area contributed by atoms with E-state index in [-0.39, 0.29) is 6.54 Å². The second-order valence-electron chi connectivity index (χ2n) is 7.24. The number of urea groups is 1. The Bertz CT molecular complexity index is 1170. The van der Waals surface area contributed by atoms with Crippen molar-refractivity contribution >= 4 is 35.0 Å². The van der Waals surface area contributed by atoms with Crippen LogP contribution in [-0.2, 0) is 0 Å². The van der Waals surface area contributed by atoms with E-state index in [0.717, 1.165) is 16.0 Å². The first-order valence-corrected chi connectivity index (χ1v) is 10.6. The molecule has 1 heterocycles. The van der Waals surface area contributed by atoms with Crippen molar-refractivity contribution in [1.82, 2.24) is 10.2 Å². The average molecular weight is 447 g/mol. The maximum Gasteiger partial charge on any atom is 0.327 e. The van der Waals surface area contributed by atoms with Gasteiger partial charge in [-0.3, -0.25) is 4.90 Å². The van der Waals surface area contributed by atoms with Crippen molar-refractivity contribution in [2.45, 2.75) is 13.1 Å². The highest BCUT2D eigenvalue weighted by molar-refractivity contribution is 6.31. The van der Waals surface area contributed by atoms with Crippen LogP contribution in [0.25, 0.3) is 5.57 Å². The van der Waals surface area contributed by atoms with Gasteiger partial charge in [0.1, 0.15) is 12.3 Å². The predicted molar refractivity (Wildman–Crippen MR) is 123 cm³/mol. The maximum absolute atomic E-state index is 13.4. The molecule has 0 aliphatic carbocycles. The van der Waals surface area contributed by atoms with Crippen LogP contribution in [0.2, 0.25) is 5.02 Å². The fraction of sp³-hybridized carbons (Fsp3) is 0.120. The lowest BCUT2D eigenvalue weighted by molar-refractivity contribution is -0.267. The summed E-state index contributed by atoms with van der Waals surface area (Å²) in [4.78, 5) is 28.0. The van der Waals surface area contributed by atoms with E-state index in [2.05, 4.69) is 5.32 Å². The van der Waals surface area contributed by atoms with E-state index in [1.807, 2.05) is 36.4 Å². The smallest absolute Gasteiger partial charge is 0.327 e. The molecule has 1 aliphatic heterocycles. The van der Waals surface area contributed by atoms with Crippen LogP contribution >= 0.6 is 11.6 Å². The number of hydrogen-bond acceptors (Lipinski definition) is 3. The van der Waals surface area contributed by atoms with Gasteiger partial charge < -0.3 is 20.1 Å². The molecule has 6 nitrogen and oxygen atoms in total. The molecule has 3 amide bonds. The molecule has 0 fully saturated rings. The van der Waals surface area contributed by atoms with Crippen molar-refractivity contribution in [1.29, 1.82) is 0 Å². The molecule has 1 unspecified atom stereocenters. The molecular weight excluding hydrogens is 426 g/mol. The lowest BCUT2D eigenvalue weighted by Gasteiger charge is -2.40. The Kier molecular flexibility index (Phi) is 6.14. The van der Waals surface area contributed by atoms with E-state index in [4.69, 9.17) is 11.6 Å². The second-order valence-corrected chi connectivity index (χ2v) is 7.68. The molecule has 1 N–H and O–H groups in total. The highest BCUT2D eigenvalue weighted by atomic mass is 35.5. The summed E-state index contributed by atoms with van der Waals surface area (Å²) in [6.07, 6.45) is -0.677. The van der Waals surface area contributed by atoms with Gasteiger partial charge in [0, 0.05) is 28.9 Å². The van der Waals surface area contributed by atoms with Crippen molar-refractivity contribution in [2.75, 3.05) is 11.4 Å². The third kappa shape index (κ3) is 4.05. The summed E-state index contributed by atoms with van der Waals surface area (Å²) >= 11 is 6.34. The van der Waals surface area contributed by atoms with Crippen LogP contribution < -0.4 is 15.3 Å². The molecule has 1 atom stereocenters. The fourth-order valence-corrected chi connectivity index (χ4v) is 4.09. The van der Waals surface area contributed by atoms with Gasteiger partial charge in [-0.15, -0.1) is 0 Å². The topological polar surface area (TPSA) is 75.7 Å². The monoisotopic (exact) mass is 446 g/mol. The largest absolute Gasteiger partial charge is 0.530 e. The minimum absolute atomic E-state index is 0.133. The van der Waals surface area contributed by atoms with Crippen molar-refractivity contribution in [3.05, 3.63) is 107 Å². The van der Waals surface area contributed by atoms with Gasteiger partial charge in [0.25, 0.3) is 0 Å². The molecule has 3 aromatic carbocycles. The van der Waals surface area contributed by atoms with E-state index in [9.17, 15) is 14.7 Å². The van der Waals surface area contributed by atoms with Gasteiger partial charge in [-0.2, -0.15) is 0 Å². The zero-order valence-corrected chi connectivity index (χ0v) is 18.1. The number of fused-ring (bicyclic) bond motifs is 1. The molecule has 162 valence electrons. The number of carbonyl (C=O) groups excluding carboxylic acids is 2. The number of hydrogen-bond donors (Lipinski definition) is 1. The lowest BCUT2D eigenvalue weighted by atomic mass is 9.96. The number of amides is 3. The molecule has 1 aliphatic rings. The molecule has 0 bridgehead atoms. The Hall–Kier alpha value is -3.77. The van der Waals surface area contributed by atoms with Crippen LogP contribution in [0.3, 0.4) is 0 Å². The number of rotatable bonds is 5. The molecule has 7 heteroatoms. The normalized spacial score (nSPS) is 14.0. The van der Waals surface area contributed by atoms with Crippen LogP contribution in [0.4, 0.5) is 15.3 Å². The maximum atomic E-state index is 13.4. The Morgan fingerprint density at radius 1 is 1.06 bits per heavy atom. The Morgan fingerprint density at radius 2 is 1.72 bits per heavy atom. The van der Waals surface area contributed by atoms with Crippen LogP contribution in [0.1, 0.15) is 29.8 Å². The molecule has 4 rings (SSSR count). The van der Waals surface area contributed by atoms with Crippen molar-refractivity contribution in [3.8, 4) is 0 Å². The zero-order valence-electron chi connectivity index (χ0n) is 17.4. The Labute approximate surface area is 191 Å². The van der Waals surface area contributed by atoms with Gasteiger partial charge in [-0.05, 0) is 36.2 Å². The number of nitrogens with one attached hydrogen (secondary N) is 1. The van der Waals surface area contributed by atoms with Crippen LogP contribution in [0.5, 0.6) is 0 Å². The number of benzene rings is 3. The average Bonchev–Trinajstić information content (AvgIpc) is 2.94. The van der Waals surface area contributed by atoms with E-state index < -0.39 is 18.3 Å². The quantitative estimate of drug-likeness (QED) is 0.621. The molecule has 0 saturated heterocycles. The van der Waals surface area contributed by atoms with E-state index in [0.29, 0.717) is 21.8 Å². The third-order valence-electron chi connectivity index (χ3n) is 5.36. The molecule has 0 saturated carbocycles. The summed E-state index contributed by atoms with van der Waals surface area (Å²) < 4.78 is 0. The number of carboxylic acid groups (broad SMARTS) is 1. The van der Waals surface area contributed by atoms with Gasteiger partial charge >= 0.3 is 6.03 Å². The van der Waals surface area contributed by atoms with Gasteiger partial charge in [0.05, 0.1) is 5.69 Å². The minimum Gasteiger partial charge on any atom is -0.530 e. The summed E-state index contributed by atoms with van der Waals surface area (Å²) in [6, 6.07) is 23.4. The first kappa shape index (κ1) is 21.5. The highest BCUT2D eigenvalue weighted by Gasteiger charge is 2.34. The zero-order chi connectivity index (χ0) is 22.7. The SMILES string of the molecule is CCN(C(=O)[O-])C(c1ccccc1)N1C(=O)NC=C(c2ccccc2)c2cc(Cl)ccc21. The van der Waals surface area contributed by atoms with Crippen LogP contribution in [-0.4, -0.2) is 23.6 Å². The number of nitrogens with zero attached hydrogens (tertiary/aromatic N) is 2. The van der Waals surface area contributed by atoms with Crippen molar-refractivity contribution in [3.63, 3.8) is 0 Å². The third-order valence-corrected chi connectivity index (χ3v) is 5.60. The number of anilines is 1. The van der Waals surface area contributed by atoms with E-state index >= 15 is 0 Å². The molecule has 3 aromatic rings. The molecule has 0 spiro atoms. The summed E-state index contributed by atoms with van der Waals surface area (Å²) in [5.74, 6) is 0. The summed E-state index contributed by atoms with van der Waals surface area (Å²) in [5.41, 5.74) is 3.53. The van der Waals surface area contributed by atoms with Gasteiger partial charge in [0.15, 0.2) is 0 Å². The molecule has 0 aromatic heterocycles. The summed E-state index contributed by atoms with van der Waals surface area (Å²) in [6.45, 7) is 1.84. The first-order valence-electron chi connectivity index (χ1n) is 10.2. The predicted octanol–water partition coefficient (Wildman–Crippen LogP) is 4.62. The highest BCUT2D eigenvalue weighted by Crippen LogP contribution is 2.40. The Balaban J connectivity index is 1.94. The van der Waals surface area contributed by atoms with Crippen molar-refractivity contribution < 1.29 is 14.7 Å². The second kappa shape index (κ2) is 9.16. The van der Waals surface area contributed by atoms with Gasteiger partial charge in [-0.1, -0.05) is 72.3 Å². The molecule has 32 heavy (non-hydrogen) atoms. The van der Waals surface area contributed by atoms with Crippen LogP contribution in [0, 0.1) is 0 Å². The van der Waals surface area contributed by atoms with Gasteiger partial charge in [-0.25, -0.2) is 4.79 Å². The van der Waals surface area contributed by atoms with Crippen molar-refractivity contribution in [2.24, 2.45) is 0 Å². The van der Waals surface area contributed by atoms with Gasteiger partial charge in [0.2, 0.25) is 0 Å². The van der Waals surface area contributed by atoms with E-state index in [1.54, 1.807) is 55.6 Å². The van der Waals surface area contributed by atoms with Crippen LogP contribution in [0.15, 0.2) is 85.1 Å². The number of halogens is 1. The summed E-state index contributed by atoms with van der Waals surface area (Å²) in [7, 11) is 0. The standard InChI is InChI=1S/C25H22ClN3O3/c1-2-28(25(31)32)23(18-11-7-4-8-12-18)29-22-14-13-19(26)15-20(22)21(16-27-24(29)30)17-9-5-3-6-10-17/h3-16,23H,2H2,1H3,(H,27,30)(H,31,32)/p-1. The lowest BCUT2D eigenvalue weighted by Crippen LogP contribution is -2.53. The fourth-order valence-electron chi connectivity index (χ4n) is 3.92. The molecule has 0 radical (unpaired) electrons. The van der Waals surface area contributed by atoms with E-state index in [1.165, 1.54) is 4.90 Å². The minimum atomic E-state index is -1.37.